The summed E-state index contributed by atoms with van der Waals surface area (Å²) in [7, 11) is 0. The van der Waals surface area contributed by atoms with Crippen LogP contribution in [0.15, 0.2) is 12.3 Å². The first-order valence-electron chi connectivity index (χ1n) is 7.90. The van der Waals surface area contributed by atoms with Crippen LogP contribution in [0.2, 0.25) is 0 Å². The molecule has 2 N–H and O–H groups in total. The molecule has 1 saturated heterocycles. The van der Waals surface area contributed by atoms with Crippen molar-refractivity contribution in [3.05, 3.63) is 23.5 Å². The first-order valence-corrected chi connectivity index (χ1v) is 7.90. The van der Waals surface area contributed by atoms with E-state index in [-0.39, 0.29) is 6.04 Å². The van der Waals surface area contributed by atoms with Crippen molar-refractivity contribution in [1.82, 2.24) is 9.47 Å². The summed E-state index contributed by atoms with van der Waals surface area (Å²) in [6.45, 7) is 7.39. The summed E-state index contributed by atoms with van der Waals surface area (Å²) >= 11 is 0. The van der Waals surface area contributed by atoms with Gasteiger partial charge in [0.2, 0.25) is 0 Å². The maximum absolute atomic E-state index is 6.20. The molecule has 0 saturated carbocycles. The molecule has 1 aromatic rings. The van der Waals surface area contributed by atoms with Crippen LogP contribution in [0.5, 0.6) is 0 Å². The highest BCUT2D eigenvalue weighted by Crippen LogP contribution is 2.29. The van der Waals surface area contributed by atoms with Crippen molar-refractivity contribution >= 4 is 0 Å². The van der Waals surface area contributed by atoms with Crippen LogP contribution in [0.25, 0.3) is 0 Å². The van der Waals surface area contributed by atoms with E-state index in [0.29, 0.717) is 0 Å². The van der Waals surface area contributed by atoms with Crippen LogP contribution in [0.4, 0.5) is 0 Å². The summed E-state index contributed by atoms with van der Waals surface area (Å²) in [6, 6.07) is 2.53. The smallest absolute Gasteiger partial charge is 0.0312 e. The molecule has 2 atom stereocenters. The Morgan fingerprint density at radius 3 is 2.84 bits per heavy atom. The molecule has 2 heterocycles. The molecule has 3 rings (SSSR count). The van der Waals surface area contributed by atoms with Crippen LogP contribution < -0.4 is 5.73 Å². The van der Waals surface area contributed by atoms with Gasteiger partial charge in [0.25, 0.3) is 0 Å². The van der Waals surface area contributed by atoms with Crippen LogP contribution in [-0.2, 0) is 13.0 Å². The second-order valence-corrected chi connectivity index (χ2v) is 6.48. The lowest BCUT2D eigenvalue weighted by Gasteiger charge is -2.24. The fourth-order valence-corrected chi connectivity index (χ4v) is 3.76. The molecular formula is C16H27N3. The van der Waals surface area contributed by atoms with E-state index >= 15 is 0 Å². The van der Waals surface area contributed by atoms with E-state index < -0.39 is 0 Å². The molecule has 0 amide bonds. The van der Waals surface area contributed by atoms with Gasteiger partial charge in [0, 0.05) is 31.0 Å². The minimum Gasteiger partial charge on any atom is -0.351 e. The van der Waals surface area contributed by atoms with E-state index in [1.807, 2.05) is 0 Å². The fraction of sp³-hybridized carbons (Fsp3) is 0.750. The SMILES string of the molecule is CC(CN1CCCC1)Cn1ccc2c1CCCC2N. The van der Waals surface area contributed by atoms with Gasteiger partial charge in [-0.2, -0.15) is 0 Å². The maximum atomic E-state index is 6.20. The summed E-state index contributed by atoms with van der Waals surface area (Å²) in [5.74, 6) is 0.729. The number of aromatic nitrogens is 1. The molecule has 0 radical (unpaired) electrons. The van der Waals surface area contributed by atoms with Gasteiger partial charge < -0.3 is 15.2 Å². The van der Waals surface area contributed by atoms with E-state index in [2.05, 4.69) is 28.7 Å². The zero-order valence-corrected chi connectivity index (χ0v) is 12.1. The number of rotatable bonds is 4. The quantitative estimate of drug-likeness (QED) is 0.904. The number of nitrogens with zero attached hydrogens (tertiary/aromatic N) is 2. The largest absolute Gasteiger partial charge is 0.351 e. The fourth-order valence-electron chi connectivity index (χ4n) is 3.76. The Balaban J connectivity index is 1.63. The van der Waals surface area contributed by atoms with Gasteiger partial charge in [-0.3, -0.25) is 0 Å². The van der Waals surface area contributed by atoms with E-state index in [0.717, 1.165) is 18.9 Å². The van der Waals surface area contributed by atoms with Gasteiger partial charge in [-0.25, -0.2) is 0 Å². The number of likely N-dealkylation sites (tertiary alicyclic amines) is 1. The third kappa shape index (κ3) is 2.87. The molecule has 0 bridgehead atoms. The van der Waals surface area contributed by atoms with Gasteiger partial charge in [-0.1, -0.05) is 6.92 Å². The Kier molecular flexibility index (Phi) is 3.94. The summed E-state index contributed by atoms with van der Waals surface area (Å²) in [5, 5.41) is 0. The van der Waals surface area contributed by atoms with E-state index in [4.69, 9.17) is 5.73 Å². The Hall–Kier alpha value is -0.800. The highest BCUT2D eigenvalue weighted by Gasteiger charge is 2.21. The number of fused-ring (bicyclic) bond motifs is 1. The molecular weight excluding hydrogens is 234 g/mol. The molecule has 2 aliphatic rings. The standard InChI is InChI=1S/C16H27N3/c1-13(11-18-8-2-3-9-18)12-19-10-7-14-15(17)5-4-6-16(14)19/h7,10,13,15H,2-6,8-9,11-12,17H2,1H3. The van der Waals surface area contributed by atoms with Gasteiger partial charge in [0.1, 0.15) is 0 Å². The lowest BCUT2D eigenvalue weighted by Crippen LogP contribution is -2.28. The highest BCUT2D eigenvalue weighted by molar-refractivity contribution is 5.28. The molecule has 1 aliphatic heterocycles. The molecule has 19 heavy (non-hydrogen) atoms. The van der Waals surface area contributed by atoms with Crippen LogP contribution in [0.1, 0.15) is 49.9 Å². The van der Waals surface area contributed by atoms with Gasteiger partial charge in [-0.15, -0.1) is 0 Å². The van der Waals surface area contributed by atoms with E-state index in [1.54, 1.807) is 0 Å². The minimum absolute atomic E-state index is 0.277. The summed E-state index contributed by atoms with van der Waals surface area (Å²) in [4.78, 5) is 2.62. The molecule has 1 fully saturated rings. The van der Waals surface area contributed by atoms with Crippen molar-refractivity contribution in [3.8, 4) is 0 Å². The zero-order valence-electron chi connectivity index (χ0n) is 12.1. The molecule has 3 nitrogen and oxygen atoms in total. The molecule has 3 heteroatoms. The summed E-state index contributed by atoms with van der Waals surface area (Å²) < 4.78 is 2.47. The lowest BCUT2D eigenvalue weighted by atomic mass is 9.93. The second kappa shape index (κ2) is 5.68. The highest BCUT2D eigenvalue weighted by atomic mass is 15.1. The van der Waals surface area contributed by atoms with Crippen molar-refractivity contribution in [2.75, 3.05) is 19.6 Å². The Labute approximate surface area is 116 Å². The average molecular weight is 261 g/mol. The monoisotopic (exact) mass is 261 g/mol. The molecule has 2 unspecified atom stereocenters. The number of nitrogens with two attached hydrogens (primary N) is 1. The third-order valence-corrected chi connectivity index (χ3v) is 4.72. The van der Waals surface area contributed by atoms with Crippen LogP contribution in [0.3, 0.4) is 0 Å². The topological polar surface area (TPSA) is 34.2 Å². The van der Waals surface area contributed by atoms with Crippen molar-refractivity contribution in [2.45, 2.75) is 51.6 Å². The van der Waals surface area contributed by atoms with E-state index in [1.165, 1.54) is 56.6 Å². The first-order chi connectivity index (χ1) is 9.24. The lowest BCUT2D eigenvalue weighted by molar-refractivity contribution is 0.270. The molecule has 106 valence electrons. The van der Waals surface area contributed by atoms with Crippen LogP contribution >= 0.6 is 0 Å². The number of hydrogen-bond donors (Lipinski definition) is 1. The maximum Gasteiger partial charge on any atom is 0.0312 e. The van der Waals surface area contributed by atoms with Crippen molar-refractivity contribution < 1.29 is 0 Å². The second-order valence-electron chi connectivity index (χ2n) is 6.48. The molecule has 0 spiro atoms. The normalized spacial score (nSPS) is 25.5. The molecule has 1 aliphatic carbocycles. The van der Waals surface area contributed by atoms with Crippen LogP contribution in [0, 0.1) is 5.92 Å². The Morgan fingerprint density at radius 2 is 2.05 bits per heavy atom. The number of hydrogen-bond acceptors (Lipinski definition) is 2. The third-order valence-electron chi connectivity index (χ3n) is 4.72. The average Bonchev–Trinajstić information content (AvgIpc) is 3.01. The van der Waals surface area contributed by atoms with Crippen LogP contribution in [-0.4, -0.2) is 29.1 Å². The van der Waals surface area contributed by atoms with Crippen molar-refractivity contribution in [1.29, 1.82) is 0 Å². The van der Waals surface area contributed by atoms with Gasteiger partial charge in [0.05, 0.1) is 0 Å². The van der Waals surface area contributed by atoms with Crippen molar-refractivity contribution in [3.63, 3.8) is 0 Å². The van der Waals surface area contributed by atoms with Gasteiger partial charge in [0.15, 0.2) is 0 Å². The Morgan fingerprint density at radius 1 is 1.26 bits per heavy atom. The molecule has 1 aromatic heterocycles. The van der Waals surface area contributed by atoms with Gasteiger partial charge >= 0.3 is 0 Å². The predicted molar refractivity (Wildman–Crippen MR) is 79.1 cm³/mol. The summed E-state index contributed by atoms with van der Waals surface area (Å²) in [6.07, 6.45) is 8.66. The zero-order chi connectivity index (χ0) is 13.2. The summed E-state index contributed by atoms with van der Waals surface area (Å²) in [5.41, 5.74) is 9.11. The predicted octanol–water partition coefficient (Wildman–Crippen LogP) is 2.56. The van der Waals surface area contributed by atoms with E-state index in [9.17, 15) is 0 Å². The molecule has 0 aromatic carbocycles. The Bertz CT molecular complexity index is 418. The minimum atomic E-state index is 0.277. The van der Waals surface area contributed by atoms with Crippen molar-refractivity contribution in [2.24, 2.45) is 11.7 Å². The first kappa shape index (κ1) is 13.2. The van der Waals surface area contributed by atoms with Gasteiger partial charge in [-0.05, 0) is 62.7 Å².